The molecule has 1 fully saturated rings. The SMILES string of the molecule is N[C@@H]1CCC[C@H]1Oc1cnc(-c2ccc(Cl)cc2)c(-c2ccc(Cl)cc2)n1. The fourth-order valence-electron chi connectivity index (χ4n) is 3.31. The summed E-state index contributed by atoms with van der Waals surface area (Å²) in [6.07, 6.45) is 4.64. The highest BCUT2D eigenvalue weighted by Crippen LogP contribution is 2.32. The van der Waals surface area contributed by atoms with E-state index in [-0.39, 0.29) is 12.1 Å². The smallest absolute Gasteiger partial charge is 0.233 e. The molecule has 1 aliphatic carbocycles. The van der Waals surface area contributed by atoms with Crippen LogP contribution in [0, 0.1) is 0 Å². The van der Waals surface area contributed by atoms with Crippen LogP contribution in [0.15, 0.2) is 54.7 Å². The van der Waals surface area contributed by atoms with Crippen molar-refractivity contribution in [3.63, 3.8) is 0 Å². The Balaban J connectivity index is 1.76. The van der Waals surface area contributed by atoms with Gasteiger partial charge in [0, 0.05) is 27.2 Å². The minimum absolute atomic E-state index is 0.0150. The molecule has 2 N–H and O–H groups in total. The van der Waals surface area contributed by atoms with Crippen molar-refractivity contribution in [3.8, 4) is 28.4 Å². The molecule has 4 rings (SSSR count). The van der Waals surface area contributed by atoms with Crippen molar-refractivity contribution in [1.29, 1.82) is 0 Å². The number of rotatable bonds is 4. The Labute approximate surface area is 168 Å². The predicted octanol–water partition coefficient (Wildman–Crippen LogP) is 5.38. The van der Waals surface area contributed by atoms with Crippen LogP contribution in [0.2, 0.25) is 10.0 Å². The van der Waals surface area contributed by atoms with Gasteiger partial charge in [-0.15, -0.1) is 0 Å². The van der Waals surface area contributed by atoms with Crippen molar-refractivity contribution >= 4 is 23.2 Å². The Morgan fingerprint density at radius 2 is 1.44 bits per heavy atom. The molecule has 27 heavy (non-hydrogen) atoms. The van der Waals surface area contributed by atoms with Crippen molar-refractivity contribution in [2.75, 3.05) is 0 Å². The molecule has 0 unspecified atom stereocenters. The molecule has 0 bridgehead atoms. The zero-order chi connectivity index (χ0) is 18.8. The van der Waals surface area contributed by atoms with Gasteiger partial charge in [0.2, 0.25) is 5.88 Å². The lowest BCUT2D eigenvalue weighted by Crippen LogP contribution is -2.33. The van der Waals surface area contributed by atoms with Crippen LogP contribution in [-0.2, 0) is 0 Å². The standard InChI is InChI=1S/C21H19Cl2N3O/c22-15-8-4-13(5-9-15)20-21(14-6-10-16(23)11-7-14)26-19(12-25-20)27-18-3-1-2-17(18)24/h4-12,17-18H,1-3,24H2/t17-,18-/m1/s1. The Morgan fingerprint density at radius 1 is 0.852 bits per heavy atom. The molecule has 2 atom stereocenters. The summed E-state index contributed by atoms with van der Waals surface area (Å²) in [5.41, 5.74) is 9.47. The van der Waals surface area contributed by atoms with E-state index in [9.17, 15) is 0 Å². The van der Waals surface area contributed by atoms with Crippen LogP contribution in [0.4, 0.5) is 0 Å². The summed E-state index contributed by atoms with van der Waals surface area (Å²) in [7, 11) is 0. The van der Waals surface area contributed by atoms with Gasteiger partial charge in [0.05, 0.1) is 11.9 Å². The summed E-state index contributed by atoms with van der Waals surface area (Å²) in [6.45, 7) is 0. The largest absolute Gasteiger partial charge is 0.472 e. The van der Waals surface area contributed by atoms with Crippen LogP contribution in [0.25, 0.3) is 22.5 Å². The summed E-state index contributed by atoms with van der Waals surface area (Å²) < 4.78 is 6.04. The average Bonchev–Trinajstić information content (AvgIpc) is 3.08. The molecule has 138 valence electrons. The van der Waals surface area contributed by atoms with Crippen LogP contribution < -0.4 is 10.5 Å². The molecule has 0 saturated heterocycles. The number of hydrogen-bond acceptors (Lipinski definition) is 4. The lowest BCUT2D eigenvalue weighted by atomic mass is 10.0. The Morgan fingerprint density at radius 3 is 2.00 bits per heavy atom. The molecule has 1 heterocycles. The number of aromatic nitrogens is 2. The first-order chi connectivity index (χ1) is 13.1. The third-order valence-electron chi connectivity index (χ3n) is 4.76. The van der Waals surface area contributed by atoms with Crippen molar-refractivity contribution < 1.29 is 4.74 Å². The molecule has 6 heteroatoms. The fraction of sp³-hybridized carbons (Fsp3) is 0.238. The number of ether oxygens (including phenoxy) is 1. The first-order valence-corrected chi connectivity index (χ1v) is 9.67. The van der Waals surface area contributed by atoms with Gasteiger partial charge in [-0.25, -0.2) is 9.97 Å². The number of nitrogens with zero attached hydrogens (tertiary/aromatic N) is 2. The number of halogens is 2. The van der Waals surface area contributed by atoms with E-state index in [1.807, 2.05) is 48.5 Å². The van der Waals surface area contributed by atoms with Crippen molar-refractivity contribution in [2.45, 2.75) is 31.4 Å². The summed E-state index contributed by atoms with van der Waals surface area (Å²) in [6, 6.07) is 15.1. The zero-order valence-electron chi connectivity index (χ0n) is 14.6. The monoisotopic (exact) mass is 399 g/mol. The molecule has 1 aliphatic rings. The first-order valence-electron chi connectivity index (χ1n) is 8.91. The zero-order valence-corrected chi connectivity index (χ0v) is 16.1. The average molecular weight is 400 g/mol. The van der Waals surface area contributed by atoms with Gasteiger partial charge in [-0.1, -0.05) is 47.5 Å². The topological polar surface area (TPSA) is 61.0 Å². The predicted molar refractivity (Wildman–Crippen MR) is 109 cm³/mol. The van der Waals surface area contributed by atoms with E-state index in [1.54, 1.807) is 6.20 Å². The van der Waals surface area contributed by atoms with Crippen LogP contribution in [0.1, 0.15) is 19.3 Å². The fourth-order valence-corrected chi connectivity index (χ4v) is 3.57. The Kier molecular flexibility index (Phi) is 5.30. The molecule has 0 amide bonds. The van der Waals surface area contributed by atoms with E-state index in [1.165, 1.54) is 0 Å². The van der Waals surface area contributed by atoms with Gasteiger partial charge < -0.3 is 10.5 Å². The number of hydrogen-bond donors (Lipinski definition) is 1. The quantitative estimate of drug-likeness (QED) is 0.639. The second-order valence-electron chi connectivity index (χ2n) is 6.67. The van der Waals surface area contributed by atoms with E-state index >= 15 is 0 Å². The van der Waals surface area contributed by atoms with Crippen LogP contribution in [0.3, 0.4) is 0 Å². The van der Waals surface area contributed by atoms with E-state index in [2.05, 4.69) is 4.98 Å². The van der Waals surface area contributed by atoms with Gasteiger partial charge in [0.25, 0.3) is 0 Å². The minimum Gasteiger partial charge on any atom is -0.472 e. The second-order valence-corrected chi connectivity index (χ2v) is 7.54. The van der Waals surface area contributed by atoms with Crippen molar-refractivity contribution in [1.82, 2.24) is 9.97 Å². The van der Waals surface area contributed by atoms with Gasteiger partial charge in [0.1, 0.15) is 11.8 Å². The van der Waals surface area contributed by atoms with E-state index in [4.69, 9.17) is 38.7 Å². The summed E-state index contributed by atoms with van der Waals surface area (Å²) in [5, 5.41) is 1.35. The molecule has 0 aliphatic heterocycles. The highest BCUT2D eigenvalue weighted by Gasteiger charge is 2.26. The van der Waals surface area contributed by atoms with E-state index < -0.39 is 0 Å². The molecule has 3 aromatic rings. The van der Waals surface area contributed by atoms with Gasteiger partial charge in [-0.05, 0) is 43.5 Å². The third-order valence-corrected chi connectivity index (χ3v) is 5.27. The van der Waals surface area contributed by atoms with Crippen molar-refractivity contribution in [2.24, 2.45) is 5.73 Å². The van der Waals surface area contributed by atoms with Crippen LogP contribution >= 0.6 is 23.2 Å². The van der Waals surface area contributed by atoms with Crippen LogP contribution in [0.5, 0.6) is 5.88 Å². The molecule has 0 radical (unpaired) electrons. The van der Waals surface area contributed by atoms with Crippen molar-refractivity contribution in [3.05, 3.63) is 64.8 Å². The van der Waals surface area contributed by atoms with Crippen LogP contribution in [-0.4, -0.2) is 22.1 Å². The van der Waals surface area contributed by atoms with E-state index in [0.717, 1.165) is 41.8 Å². The summed E-state index contributed by atoms with van der Waals surface area (Å²) in [4.78, 5) is 9.39. The maximum atomic E-state index is 6.13. The highest BCUT2D eigenvalue weighted by molar-refractivity contribution is 6.31. The lowest BCUT2D eigenvalue weighted by molar-refractivity contribution is 0.183. The van der Waals surface area contributed by atoms with Gasteiger partial charge in [0.15, 0.2) is 0 Å². The minimum atomic E-state index is -0.0150. The third kappa shape index (κ3) is 4.08. The van der Waals surface area contributed by atoms with E-state index in [0.29, 0.717) is 15.9 Å². The van der Waals surface area contributed by atoms with Gasteiger partial charge in [-0.2, -0.15) is 0 Å². The van der Waals surface area contributed by atoms with Gasteiger partial charge >= 0.3 is 0 Å². The molecule has 1 aromatic heterocycles. The molecule has 2 aromatic carbocycles. The van der Waals surface area contributed by atoms with Gasteiger partial charge in [-0.3, -0.25) is 0 Å². The summed E-state index contributed by atoms with van der Waals surface area (Å²) in [5.74, 6) is 0.486. The first kappa shape index (κ1) is 18.2. The summed E-state index contributed by atoms with van der Waals surface area (Å²) >= 11 is 12.1. The molecule has 4 nitrogen and oxygen atoms in total. The maximum absolute atomic E-state index is 6.13. The Hall–Kier alpha value is -2.14. The normalized spacial score (nSPS) is 19.2. The second kappa shape index (κ2) is 7.85. The molecule has 1 saturated carbocycles. The lowest BCUT2D eigenvalue weighted by Gasteiger charge is -2.18. The number of nitrogens with two attached hydrogens (primary N) is 1. The molecular weight excluding hydrogens is 381 g/mol. The Bertz CT molecular complexity index is 929. The number of benzene rings is 2. The maximum Gasteiger partial charge on any atom is 0.233 e. The highest BCUT2D eigenvalue weighted by atomic mass is 35.5. The molecular formula is C21H19Cl2N3O. The molecule has 0 spiro atoms.